The lowest BCUT2D eigenvalue weighted by molar-refractivity contribution is -0.137. The summed E-state index contributed by atoms with van der Waals surface area (Å²) in [5.41, 5.74) is -4.12. The fourth-order valence-electron chi connectivity index (χ4n) is 8.15. The first-order chi connectivity index (χ1) is 25.7. The Hall–Kier alpha value is -4.16. The van der Waals surface area contributed by atoms with Gasteiger partial charge in [-0.2, -0.15) is 18.2 Å². The van der Waals surface area contributed by atoms with Crippen molar-refractivity contribution >= 4 is 67.4 Å². The third kappa shape index (κ3) is 6.46. The molecule has 1 aliphatic carbocycles. The van der Waals surface area contributed by atoms with Crippen LogP contribution in [0.5, 0.6) is 0 Å². The molecule has 0 radical (unpaired) electrons. The predicted octanol–water partition coefficient (Wildman–Crippen LogP) is 7.99. The number of halogens is 4. The minimum Gasteiger partial charge on any atom is -0.444 e. The zero-order valence-electron chi connectivity index (χ0n) is 31.2. The molecule has 4 aliphatic rings. The second-order valence-electron chi connectivity index (χ2n) is 16.5. The van der Waals surface area contributed by atoms with Gasteiger partial charge in [0, 0.05) is 53.8 Å². The summed E-state index contributed by atoms with van der Waals surface area (Å²) >= 11 is 1.95. The molecule has 1 spiro atoms. The molecular formula is C37H40F4N6O6S2. The Kier molecular flexibility index (Phi) is 8.70. The number of rotatable bonds is 4. The molecule has 2 aromatic heterocycles. The Labute approximate surface area is 321 Å². The average molecular weight is 805 g/mol. The summed E-state index contributed by atoms with van der Waals surface area (Å²) in [5.74, 6) is -0.397. The molecule has 294 valence electrons. The largest absolute Gasteiger partial charge is 0.444 e. The molecule has 55 heavy (non-hydrogen) atoms. The van der Waals surface area contributed by atoms with Crippen LogP contribution in [0.3, 0.4) is 0 Å². The fourth-order valence-corrected chi connectivity index (χ4v) is 10.6. The fraction of sp³-hybridized carbons (Fsp3) is 0.541. The van der Waals surface area contributed by atoms with E-state index in [1.165, 1.54) is 29.5 Å². The van der Waals surface area contributed by atoms with Gasteiger partial charge < -0.3 is 19.1 Å². The molecule has 5 heterocycles. The number of benzene rings is 2. The standard InChI is InChI=1S/C37H40F4N6O6S2/c1-34(2,3)52-32(49)44-30-42-25-19(10-11-22(38)27(25)55-30)24-21(37(39,40)41)12-20-26-28(24)54-16-36(13-23(36)51-7)47(26)31(48)43-29(20)45-14-17-8-9-18(15-45)46(17)33(50)53-35(4,5)6/h10-12,17-18,23H,8-9,13-16H2,1-7H3,(H,42,44,49). The summed E-state index contributed by atoms with van der Waals surface area (Å²) in [6, 6.07) is 2.75. The van der Waals surface area contributed by atoms with E-state index in [9.17, 15) is 14.4 Å². The number of hydrogen-bond donors (Lipinski definition) is 1. The van der Waals surface area contributed by atoms with Crippen molar-refractivity contribution in [1.29, 1.82) is 0 Å². The van der Waals surface area contributed by atoms with Gasteiger partial charge in [0.25, 0.3) is 0 Å². The van der Waals surface area contributed by atoms with Crippen LogP contribution in [-0.2, 0) is 25.9 Å². The number of amides is 2. The topological polar surface area (TPSA) is 128 Å². The molecule has 2 saturated heterocycles. The molecule has 8 rings (SSSR count). The van der Waals surface area contributed by atoms with Crippen LogP contribution in [0.15, 0.2) is 27.9 Å². The van der Waals surface area contributed by atoms with E-state index in [0.29, 0.717) is 19.3 Å². The third-order valence-corrected chi connectivity index (χ3v) is 12.7. The van der Waals surface area contributed by atoms with E-state index in [2.05, 4.69) is 15.3 Å². The number of anilines is 2. The number of nitrogens with one attached hydrogen (secondary N) is 1. The quantitative estimate of drug-likeness (QED) is 0.203. The lowest BCUT2D eigenvalue weighted by atomic mass is 9.95. The number of nitrogens with zero attached hydrogens (tertiary/aromatic N) is 5. The second-order valence-corrected chi connectivity index (χ2v) is 18.5. The maximum atomic E-state index is 15.5. The summed E-state index contributed by atoms with van der Waals surface area (Å²) in [5, 5.41) is 2.55. The molecule has 3 fully saturated rings. The van der Waals surface area contributed by atoms with E-state index in [0.717, 1.165) is 23.5 Å². The van der Waals surface area contributed by atoms with Gasteiger partial charge in [-0.1, -0.05) is 11.3 Å². The van der Waals surface area contributed by atoms with Gasteiger partial charge in [0.05, 0.1) is 45.0 Å². The number of thiazole rings is 1. The molecule has 3 aliphatic heterocycles. The minimum atomic E-state index is -4.91. The molecule has 4 atom stereocenters. The Morgan fingerprint density at radius 2 is 1.67 bits per heavy atom. The van der Waals surface area contributed by atoms with Crippen molar-refractivity contribution < 1.29 is 41.4 Å². The Morgan fingerprint density at radius 3 is 2.27 bits per heavy atom. The SMILES string of the molecule is COC1CC12CSc1c(-c3ccc(F)c4sc(NC(=O)OC(C)(C)C)nc34)c(C(F)(F)F)cc3c(N4CC5CCC(C4)N5C(=O)OC(C)(C)C)nc(=O)n2c13. The lowest BCUT2D eigenvalue weighted by Crippen LogP contribution is -2.57. The summed E-state index contributed by atoms with van der Waals surface area (Å²) in [6.45, 7) is 10.8. The van der Waals surface area contributed by atoms with Crippen molar-refractivity contribution in [1.82, 2.24) is 19.4 Å². The van der Waals surface area contributed by atoms with Crippen molar-refractivity contribution in [3.63, 3.8) is 0 Å². The molecule has 2 bridgehead atoms. The predicted molar refractivity (Wildman–Crippen MR) is 201 cm³/mol. The maximum Gasteiger partial charge on any atom is 0.417 e. The number of fused-ring (bicyclic) bond motifs is 4. The van der Waals surface area contributed by atoms with Crippen molar-refractivity contribution in [2.75, 3.05) is 36.2 Å². The van der Waals surface area contributed by atoms with Crippen LogP contribution in [0.25, 0.3) is 32.2 Å². The average Bonchev–Trinajstić information content (AvgIpc) is 3.46. The van der Waals surface area contributed by atoms with Crippen LogP contribution in [0.4, 0.5) is 38.1 Å². The van der Waals surface area contributed by atoms with E-state index in [1.54, 1.807) is 46.4 Å². The van der Waals surface area contributed by atoms with Crippen LogP contribution < -0.4 is 15.9 Å². The third-order valence-electron chi connectivity index (χ3n) is 10.4. The normalized spacial score (nSPS) is 23.5. The Bertz CT molecular complexity index is 2320. The number of hydrogen-bond acceptors (Lipinski definition) is 11. The van der Waals surface area contributed by atoms with Crippen LogP contribution >= 0.6 is 23.1 Å². The highest BCUT2D eigenvalue weighted by molar-refractivity contribution is 7.99. The number of alkyl halides is 3. The molecule has 1 N–H and O–H groups in total. The summed E-state index contributed by atoms with van der Waals surface area (Å²) in [7, 11) is 1.53. The zero-order chi connectivity index (χ0) is 39.6. The molecule has 1 saturated carbocycles. The Morgan fingerprint density at radius 1 is 1.00 bits per heavy atom. The van der Waals surface area contributed by atoms with Crippen molar-refractivity contribution in [3.05, 3.63) is 40.1 Å². The number of carbonyl (C=O) groups is 2. The molecule has 2 aromatic carbocycles. The Balaban J connectivity index is 1.32. The number of carbonyl (C=O) groups excluding carboxylic acids is 2. The van der Waals surface area contributed by atoms with Crippen LogP contribution in [-0.4, -0.2) is 87.0 Å². The first-order valence-corrected chi connectivity index (χ1v) is 19.7. The van der Waals surface area contributed by atoms with Gasteiger partial charge >= 0.3 is 24.1 Å². The molecule has 4 unspecified atom stereocenters. The van der Waals surface area contributed by atoms with Gasteiger partial charge in [0.1, 0.15) is 22.8 Å². The van der Waals surface area contributed by atoms with Crippen molar-refractivity contribution in [3.8, 4) is 11.1 Å². The number of ether oxygens (including phenoxy) is 3. The molecule has 2 amide bonds. The smallest absolute Gasteiger partial charge is 0.417 e. The van der Waals surface area contributed by atoms with E-state index in [1.807, 2.05) is 4.90 Å². The van der Waals surface area contributed by atoms with E-state index >= 15 is 17.6 Å². The summed E-state index contributed by atoms with van der Waals surface area (Å²) in [6.07, 6.45) is -4.80. The molecule has 18 heteroatoms. The number of methoxy groups -OCH3 is 1. The highest BCUT2D eigenvalue weighted by Crippen LogP contribution is 2.58. The van der Waals surface area contributed by atoms with Gasteiger partial charge in [-0.05, 0) is 72.6 Å². The zero-order valence-corrected chi connectivity index (χ0v) is 32.9. The highest BCUT2D eigenvalue weighted by atomic mass is 32.2. The van der Waals surface area contributed by atoms with Gasteiger partial charge in [-0.3, -0.25) is 14.8 Å². The first-order valence-electron chi connectivity index (χ1n) is 17.9. The number of aromatic nitrogens is 3. The van der Waals surface area contributed by atoms with E-state index < -0.39 is 52.2 Å². The number of thioether (sulfide) groups is 1. The van der Waals surface area contributed by atoms with Gasteiger partial charge in [0.2, 0.25) is 0 Å². The highest BCUT2D eigenvalue weighted by Gasteiger charge is 2.60. The van der Waals surface area contributed by atoms with Gasteiger partial charge in [0.15, 0.2) is 5.13 Å². The minimum absolute atomic E-state index is 0.0157. The van der Waals surface area contributed by atoms with E-state index in [4.69, 9.17) is 14.2 Å². The van der Waals surface area contributed by atoms with Crippen molar-refractivity contribution in [2.45, 2.75) is 107 Å². The van der Waals surface area contributed by atoms with Crippen LogP contribution in [0.2, 0.25) is 0 Å². The van der Waals surface area contributed by atoms with Crippen LogP contribution in [0.1, 0.15) is 66.4 Å². The summed E-state index contributed by atoms with van der Waals surface area (Å²) in [4.78, 5) is 52.7. The van der Waals surface area contributed by atoms with E-state index in [-0.39, 0.29) is 85.1 Å². The van der Waals surface area contributed by atoms with Crippen molar-refractivity contribution in [2.24, 2.45) is 0 Å². The van der Waals surface area contributed by atoms with Gasteiger partial charge in [-0.15, -0.1) is 11.8 Å². The maximum absolute atomic E-state index is 15.5. The number of piperazine rings is 1. The summed E-state index contributed by atoms with van der Waals surface area (Å²) < 4.78 is 80.0. The van der Waals surface area contributed by atoms with Crippen LogP contribution in [0, 0.1) is 5.82 Å². The molecular weight excluding hydrogens is 765 g/mol. The second kappa shape index (κ2) is 12.7. The monoisotopic (exact) mass is 804 g/mol. The first kappa shape index (κ1) is 37.7. The lowest BCUT2D eigenvalue weighted by Gasteiger charge is -2.42. The molecule has 4 aromatic rings. The molecule has 12 nitrogen and oxygen atoms in total. The van der Waals surface area contributed by atoms with Gasteiger partial charge in [-0.25, -0.2) is 23.8 Å².